The summed E-state index contributed by atoms with van der Waals surface area (Å²) in [6.45, 7) is 0. The summed E-state index contributed by atoms with van der Waals surface area (Å²) in [5.41, 5.74) is 1.43. The first-order chi connectivity index (χ1) is 11.9. The molecule has 0 bridgehead atoms. The molecule has 25 heavy (non-hydrogen) atoms. The third-order valence-corrected chi connectivity index (χ3v) is 5.16. The van der Waals surface area contributed by atoms with Crippen molar-refractivity contribution in [3.8, 4) is 0 Å². The predicted octanol–water partition coefficient (Wildman–Crippen LogP) is 2.08. The lowest BCUT2D eigenvalue weighted by atomic mass is 10.1. The van der Waals surface area contributed by atoms with Crippen LogP contribution in [0.3, 0.4) is 0 Å². The van der Waals surface area contributed by atoms with Crippen LogP contribution in [0.15, 0.2) is 48.8 Å². The van der Waals surface area contributed by atoms with E-state index in [4.69, 9.17) is 11.6 Å². The lowest BCUT2D eigenvalue weighted by molar-refractivity contribution is 0.0976. The van der Waals surface area contributed by atoms with E-state index >= 15 is 0 Å². The van der Waals surface area contributed by atoms with Crippen molar-refractivity contribution in [3.05, 3.63) is 65.2 Å². The molecule has 0 aliphatic carbocycles. The fourth-order valence-electron chi connectivity index (χ4n) is 2.36. The van der Waals surface area contributed by atoms with E-state index in [9.17, 15) is 13.2 Å². The van der Waals surface area contributed by atoms with Gasteiger partial charge < -0.3 is 0 Å². The van der Waals surface area contributed by atoms with E-state index in [0.717, 1.165) is 5.56 Å². The Balaban J connectivity index is 1.63. The molecule has 2 heterocycles. The monoisotopic (exact) mass is 378 g/mol. The molecule has 0 radical (unpaired) electrons. The van der Waals surface area contributed by atoms with Crippen molar-refractivity contribution in [1.82, 2.24) is 19.3 Å². The highest BCUT2D eigenvalue weighted by atomic mass is 35.5. The van der Waals surface area contributed by atoms with Crippen LogP contribution in [0.1, 0.15) is 22.5 Å². The van der Waals surface area contributed by atoms with Crippen LogP contribution in [0.2, 0.25) is 5.15 Å². The number of fused-ring (bicyclic) bond motifs is 1. The topological polar surface area (TPSA) is 93.4 Å². The maximum Gasteiger partial charge on any atom is 0.285 e. The zero-order valence-electron chi connectivity index (χ0n) is 13.1. The molecule has 7 nitrogen and oxygen atoms in total. The fourth-order valence-corrected chi connectivity index (χ4v) is 3.57. The largest absolute Gasteiger partial charge is 0.285 e. The molecule has 0 aliphatic heterocycles. The van der Waals surface area contributed by atoms with Gasteiger partial charge >= 0.3 is 0 Å². The van der Waals surface area contributed by atoms with Crippen LogP contribution in [0.4, 0.5) is 0 Å². The van der Waals surface area contributed by atoms with Gasteiger partial charge in [0.15, 0.2) is 10.8 Å². The van der Waals surface area contributed by atoms with Crippen molar-refractivity contribution in [2.45, 2.75) is 12.8 Å². The number of hydrogen-bond donors (Lipinski definition) is 1. The van der Waals surface area contributed by atoms with Crippen LogP contribution in [0.25, 0.3) is 5.52 Å². The fraction of sp³-hybridized carbons (Fsp3) is 0.188. The van der Waals surface area contributed by atoms with Gasteiger partial charge in [-0.05, 0) is 18.4 Å². The number of rotatable bonds is 6. The molecule has 130 valence electrons. The summed E-state index contributed by atoms with van der Waals surface area (Å²) in [4.78, 5) is 16.0. The minimum atomic E-state index is -3.74. The third kappa shape index (κ3) is 4.34. The molecule has 9 heteroatoms. The lowest BCUT2D eigenvalue weighted by Gasteiger charge is -2.05. The second kappa shape index (κ2) is 7.20. The number of aromatic nitrogens is 3. The molecule has 0 fully saturated rings. The minimum absolute atomic E-state index is 0.0402. The molecular formula is C16H15ClN4O3S. The van der Waals surface area contributed by atoms with Crippen LogP contribution < -0.4 is 4.72 Å². The van der Waals surface area contributed by atoms with E-state index in [1.807, 2.05) is 35.1 Å². The maximum atomic E-state index is 12.1. The summed E-state index contributed by atoms with van der Waals surface area (Å²) in [6, 6.07) is 10.9. The number of carbonyl (C=O) groups excluding carboxylic acids is 1. The highest BCUT2D eigenvalue weighted by molar-refractivity contribution is 7.90. The molecule has 0 saturated carbocycles. The molecule has 1 amide bonds. The summed E-state index contributed by atoms with van der Waals surface area (Å²) in [5, 5.41) is 4.18. The average Bonchev–Trinajstić information content (AvgIpc) is 3.01. The Morgan fingerprint density at radius 3 is 2.72 bits per heavy atom. The lowest BCUT2D eigenvalue weighted by Crippen LogP contribution is -2.33. The summed E-state index contributed by atoms with van der Waals surface area (Å²) in [6.07, 6.45) is 3.98. The van der Waals surface area contributed by atoms with Crippen LogP contribution in [0, 0.1) is 0 Å². The van der Waals surface area contributed by atoms with Crippen molar-refractivity contribution in [2.75, 3.05) is 5.75 Å². The highest BCUT2D eigenvalue weighted by Crippen LogP contribution is 2.15. The number of nitrogens with zero attached hydrogens (tertiary/aromatic N) is 3. The molecule has 0 atom stereocenters. The molecule has 0 aliphatic rings. The zero-order valence-corrected chi connectivity index (χ0v) is 14.7. The number of amides is 1. The van der Waals surface area contributed by atoms with Crippen LogP contribution in [0.5, 0.6) is 0 Å². The van der Waals surface area contributed by atoms with Gasteiger partial charge in [0.1, 0.15) is 5.52 Å². The van der Waals surface area contributed by atoms with Crippen molar-refractivity contribution in [2.24, 2.45) is 0 Å². The first-order valence-corrected chi connectivity index (χ1v) is 9.56. The Morgan fingerprint density at radius 1 is 1.24 bits per heavy atom. The molecular weight excluding hydrogens is 364 g/mol. The van der Waals surface area contributed by atoms with Gasteiger partial charge in [0, 0.05) is 18.5 Å². The predicted molar refractivity (Wildman–Crippen MR) is 94.0 cm³/mol. The normalized spacial score (nSPS) is 11.6. The summed E-state index contributed by atoms with van der Waals surface area (Å²) in [7, 11) is -3.74. The van der Waals surface area contributed by atoms with Gasteiger partial charge in [0.25, 0.3) is 5.91 Å². The SMILES string of the molecule is O=C(NS(=O)(=O)CCCc1ccccc1)c1cc2c(Cl)nccn2n1. The summed E-state index contributed by atoms with van der Waals surface area (Å²) in [5.74, 6) is -0.942. The van der Waals surface area contributed by atoms with E-state index in [1.54, 1.807) is 0 Å². The van der Waals surface area contributed by atoms with Crippen molar-refractivity contribution in [3.63, 3.8) is 0 Å². The molecule has 2 aromatic heterocycles. The smallest absolute Gasteiger partial charge is 0.266 e. The standard InChI is InChI=1S/C16H15ClN4O3S/c17-15-14-11-13(19-21(14)9-8-18-15)16(22)20-25(23,24)10-4-7-12-5-2-1-3-6-12/h1-3,5-6,8-9,11H,4,7,10H2,(H,20,22). The number of nitrogens with one attached hydrogen (secondary N) is 1. The molecule has 3 aromatic rings. The van der Waals surface area contributed by atoms with Crippen LogP contribution >= 0.6 is 11.6 Å². The number of aryl methyl sites for hydroxylation is 1. The van der Waals surface area contributed by atoms with E-state index in [-0.39, 0.29) is 16.6 Å². The third-order valence-electron chi connectivity index (χ3n) is 3.55. The Bertz CT molecular complexity index is 1000. The van der Waals surface area contributed by atoms with E-state index in [0.29, 0.717) is 18.4 Å². The molecule has 3 rings (SSSR count). The highest BCUT2D eigenvalue weighted by Gasteiger charge is 2.19. The van der Waals surface area contributed by atoms with Crippen molar-refractivity contribution >= 4 is 33.0 Å². The van der Waals surface area contributed by atoms with E-state index < -0.39 is 15.9 Å². The molecule has 1 aromatic carbocycles. The van der Waals surface area contributed by atoms with Gasteiger partial charge in [-0.25, -0.2) is 22.6 Å². The van der Waals surface area contributed by atoms with Gasteiger partial charge in [0.05, 0.1) is 5.75 Å². The second-order valence-electron chi connectivity index (χ2n) is 5.42. The van der Waals surface area contributed by atoms with E-state index in [2.05, 4.69) is 10.1 Å². The molecule has 0 spiro atoms. The van der Waals surface area contributed by atoms with Crippen molar-refractivity contribution < 1.29 is 13.2 Å². The van der Waals surface area contributed by atoms with Crippen molar-refractivity contribution in [1.29, 1.82) is 0 Å². The number of sulfonamides is 1. The minimum Gasteiger partial charge on any atom is -0.266 e. The number of halogens is 1. The number of carbonyl (C=O) groups is 1. The van der Waals surface area contributed by atoms with Crippen LogP contribution in [-0.4, -0.2) is 34.7 Å². The van der Waals surface area contributed by atoms with E-state index in [1.165, 1.54) is 23.0 Å². The maximum absolute atomic E-state index is 12.1. The Morgan fingerprint density at radius 2 is 2.00 bits per heavy atom. The van der Waals surface area contributed by atoms with Gasteiger partial charge in [-0.15, -0.1) is 0 Å². The van der Waals surface area contributed by atoms with Gasteiger partial charge in [-0.1, -0.05) is 41.9 Å². The summed E-state index contributed by atoms with van der Waals surface area (Å²) < 4.78 is 27.6. The number of hydrogen-bond acceptors (Lipinski definition) is 5. The molecule has 0 unspecified atom stereocenters. The quantitative estimate of drug-likeness (QED) is 0.708. The van der Waals surface area contributed by atoms with Gasteiger partial charge in [-0.3, -0.25) is 4.79 Å². The summed E-state index contributed by atoms with van der Waals surface area (Å²) >= 11 is 5.91. The van der Waals surface area contributed by atoms with Gasteiger partial charge in [0.2, 0.25) is 10.0 Å². The second-order valence-corrected chi connectivity index (χ2v) is 7.62. The zero-order chi connectivity index (χ0) is 17.9. The molecule has 0 saturated heterocycles. The first kappa shape index (κ1) is 17.4. The van der Waals surface area contributed by atoms with Gasteiger partial charge in [-0.2, -0.15) is 5.10 Å². The Hall–Kier alpha value is -2.45. The number of benzene rings is 1. The van der Waals surface area contributed by atoms with Crippen LogP contribution in [-0.2, 0) is 16.4 Å². The molecule has 1 N–H and O–H groups in total. The Kier molecular flexibility index (Phi) is 5.00. The Labute approximate surface area is 149 Å². The average molecular weight is 379 g/mol. The first-order valence-electron chi connectivity index (χ1n) is 7.53.